The summed E-state index contributed by atoms with van der Waals surface area (Å²) in [6.07, 6.45) is 2.69. The largest absolute Gasteiger partial charge is 0.304 e. The van der Waals surface area contributed by atoms with Crippen LogP contribution in [0, 0.1) is 5.92 Å². The first-order valence-electron chi connectivity index (χ1n) is 6.00. The molecule has 1 aliphatic heterocycles. The van der Waals surface area contributed by atoms with Gasteiger partial charge in [0.05, 0.1) is 0 Å². The number of rotatable bonds is 2. The highest BCUT2D eigenvalue weighted by Gasteiger charge is 2.38. The molecule has 1 aliphatic carbocycles. The molecule has 0 aromatic rings. The van der Waals surface area contributed by atoms with Crippen LogP contribution in [-0.4, -0.2) is 54.9 Å². The van der Waals surface area contributed by atoms with Crippen LogP contribution in [0.1, 0.15) is 26.2 Å². The molecule has 2 aliphatic rings. The first kappa shape index (κ1) is 11.1. The second kappa shape index (κ2) is 4.22. The van der Waals surface area contributed by atoms with E-state index < -0.39 is 0 Å². The molecule has 1 saturated heterocycles. The second-order valence-corrected chi connectivity index (χ2v) is 5.40. The van der Waals surface area contributed by atoms with Crippen molar-refractivity contribution >= 4 is 5.78 Å². The van der Waals surface area contributed by atoms with Crippen LogP contribution in [0.3, 0.4) is 0 Å². The molecule has 3 nitrogen and oxygen atoms in total. The molecule has 2 atom stereocenters. The number of hydrogen-bond donors (Lipinski definition) is 0. The van der Waals surface area contributed by atoms with E-state index in [1.165, 1.54) is 0 Å². The smallest absolute Gasteiger partial charge is 0.134 e. The number of hydrogen-bond acceptors (Lipinski definition) is 3. The maximum Gasteiger partial charge on any atom is 0.134 e. The maximum atomic E-state index is 11.4. The van der Waals surface area contributed by atoms with Crippen LogP contribution in [-0.2, 0) is 4.79 Å². The SMILES string of the molecule is CC1CCC(=O)CC1N1CC(N(C)C)C1. The van der Waals surface area contributed by atoms with Gasteiger partial charge >= 0.3 is 0 Å². The van der Waals surface area contributed by atoms with Gasteiger partial charge < -0.3 is 4.90 Å². The van der Waals surface area contributed by atoms with E-state index in [0.29, 0.717) is 23.8 Å². The Hall–Kier alpha value is -0.410. The summed E-state index contributed by atoms with van der Waals surface area (Å²) in [5.74, 6) is 1.16. The van der Waals surface area contributed by atoms with Crippen LogP contribution < -0.4 is 0 Å². The first-order chi connectivity index (χ1) is 7.08. The molecular weight excluding hydrogens is 188 g/mol. The van der Waals surface area contributed by atoms with E-state index in [2.05, 4.69) is 30.8 Å². The molecule has 2 rings (SSSR count). The zero-order chi connectivity index (χ0) is 11.0. The Morgan fingerprint density at radius 2 is 2.00 bits per heavy atom. The summed E-state index contributed by atoms with van der Waals surface area (Å²) in [4.78, 5) is 16.2. The Morgan fingerprint density at radius 1 is 1.33 bits per heavy atom. The quantitative estimate of drug-likeness (QED) is 0.679. The van der Waals surface area contributed by atoms with Crippen molar-refractivity contribution in [3.8, 4) is 0 Å². The summed E-state index contributed by atoms with van der Waals surface area (Å²) in [5.41, 5.74) is 0. The summed E-state index contributed by atoms with van der Waals surface area (Å²) in [5, 5.41) is 0. The molecule has 0 spiro atoms. The molecule has 0 bridgehead atoms. The van der Waals surface area contributed by atoms with Gasteiger partial charge in [-0.3, -0.25) is 9.69 Å². The fourth-order valence-corrected chi connectivity index (χ4v) is 2.69. The van der Waals surface area contributed by atoms with E-state index in [9.17, 15) is 4.79 Å². The molecule has 3 heteroatoms. The molecule has 86 valence electrons. The molecule has 0 radical (unpaired) electrons. The van der Waals surface area contributed by atoms with Gasteiger partial charge in [0.1, 0.15) is 5.78 Å². The number of ketones is 1. The predicted molar refractivity (Wildman–Crippen MR) is 60.9 cm³/mol. The monoisotopic (exact) mass is 210 g/mol. The van der Waals surface area contributed by atoms with Gasteiger partial charge in [-0.1, -0.05) is 6.92 Å². The maximum absolute atomic E-state index is 11.4. The Kier molecular flexibility index (Phi) is 3.12. The normalized spacial score (nSPS) is 34.5. The molecule has 0 aromatic carbocycles. The lowest BCUT2D eigenvalue weighted by Crippen LogP contribution is -2.62. The van der Waals surface area contributed by atoms with Gasteiger partial charge in [-0.05, 0) is 26.4 Å². The molecule has 1 saturated carbocycles. The minimum Gasteiger partial charge on any atom is -0.304 e. The van der Waals surface area contributed by atoms with Crippen molar-refractivity contribution in [3.63, 3.8) is 0 Å². The van der Waals surface area contributed by atoms with Crippen molar-refractivity contribution < 1.29 is 4.79 Å². The number of carbonyl (C=O) groups excluding carboxylic acids is 1. The third-order valence-corrected chi connectivity index (χ3v) is 4.06. The highest BCUT2D eigenvalue weighted by atomic mass is 16.1. The lowest BCUT2D eigenvalue weighted by atomic mass is 9.82. The fraction of sp³-hybridized carbons (Fsp3) is 0.917. The number of likely N-dealkylation sites (N-methyl/N-ethyl adjacent to an activating group) is 1. The van der Waals surface area contributed by atoms with Crippen LogP contribution in [0.2, 0.25) is 0 Å². The Labute approximate surface area is 92.4 Å². The molecule has 2 fully saturated rings. The molecule has 1 heterocycles. The van der Waals surface area contributed by atoms with Crippen molar-refractivity contribution in [2.45, 2.75) is 38.3 Å². The van der Waals surface area contributed by atoms with Crippen LogP contribution in [0.5, 0.6) is 0 Å². The predicted octanol–water partition coefficient (Wildman–Crippen LogP) is 0.990. The van der Waals surface area contributed by atoms with Gasteiger partial charge in [0, 0.05) is 38.0 Å². The third kappa shape index (κ3) is 2.23. The van der Waals surface area contributed by atoms with Gasteiger partial charge in [0.25, 0.3) is 0 Å². The lowest BCUT2D eigenvalue weighted by molar-refractivity contribution is -0.124. The van der Waals surface area contributed by atoms with Crippen molar-refractivity contribution in [1.82, 2.24) is 9.80 Å². The van der Waals surface area contributed by atoms with Crippen LogP contribution in [0.15, 0.2) is 0 Å². The van der Waals surface area contributed by atoms with Crippen molar-refractivity contribution in [1.29, 1.82) is 0 Å². The van der Waals surface area contributed by atoms with Crippen molar-refractivity contribution in [3.05, 3.63) is 0 Å². The number of Topliss-reactive ketones (excluding diaryl/α,β-unsaturated/α-hetero) is 1. The van der Waals surface area contributed by atoms with E-state index in [4.69, 9.17) is 0 Å². The van der Waals surface area contributed by atoms with Gasteiger partial charge in [-0.2, -0.15) is 0 Å². The molecule has 2 unspecified atom stereocenters. The third-order valence-electron chi connectivity index (χ3n) is 4.06. The lowest BCUT2D eigenvalue weighted by Gasteiger charge is -2.49. The number of carbonyl (C=O) groups is 1. The van der Waals surface area contributed by atoms with E-state index in [1.807, 2.05) is 0 Å². The summed E-state index contributed by atoms with van der Waals surface area (Å²) in [6, 6.07) is 1.23. The summed E-state index contributed by atoms with van der Waals surface area (Å²) >= 11 is 0. The first-order valence-corrected chi connectivity index (χ1v) is 6.00. The summed E-state index contributed by atoms with van der Waals surface area (Å²) in [6.45, 7) is 4.59. The van der Waals surface area contributed by atoms with Gasteiger partial charge in [0.2, 0.25) is 0 Å². The molecule has 0 amide bonds. The van der Waals surface area contributed by atoms with Crippen LogP contribution >= 0.6 is 0 Å². The Morgan fingerprint density at radius 3 is 2.60 bits per heavy atom. The van der Waals surface area contributed by atoms with Crippen molar-refractivity contribution in [2.75, 3.05) is 27.2 Å². The highest BCUT2D eigenvalue weighted by molar-refractivity contribution is 5.79. The highest BCUT2D eigenvalue weighted by Crippen LogP contribution is 2.29. The molecule has 0 aromatic heterocycles. The van der Waals surface area contributed by atoms with E-state index in [-0.39, 0.29) is 0 Å². The number of nitrogens with zero attached hydrogens (tertiary/aromatic N) is 2. The minimum absolute atomic E-state index is 0.464. The van der Waals surface area contributed by atoms with Gasteiger partial charge in [-0.15, -0.1) is 0 Å². The Bertz CT molecular complexity index is 246. The van der Waals surface area contributed by atoms with E-state index >= 15 is 0 Å². The standard InChI is InChI=1S/C12H22N2O/c1-9-4-5-11(15)6-12(9)14-7-10(8-14)13(2)3/h9-10,12H,4-8H2,1-3H3. The van der Waals surface area contributed by atoms with Crippen molar-refractivity contribution in [2.24, 2.45) is 5.92 Å². The van der Waals surface area contributed by atoms with E-state index in [1.54, 1.807) is 0 Å². The average molecular weight is 210 g/mol. The van der Waals surface area contributed by atoms with E-state index in [0.717, 1.165) is 32.4 Å². The van der Waals surface area contributed by atoms with Gasteiger partial charge in [0.15, 0.2) is 0 Å². The van der Waals surface area contributed by atoms with Gasteiger partial charge in [-0.25, -0.2) is 0 Å². The molecule has 15 heavy (non-hydrogen) atoms. The molecular formula is C12H22N2O. The Balaban J connectivity index is 1.86. The average Bonchev–Trinajstić information content (AvgIpc) is 2.08. The summed E-state index contributed by atoms with van der Waals surface area (Å²) < 4.78 is 0. The van der Waals surface area contributed by atoms with Crippen LogP contribution in [0.4, 0.5) is 0 Å². The topological polar surface area (TPSA) is 23.6 Å². The zero-order valence-electron chi connectivity index (χ0n) is 10.1. The fourth-order valence-electron chi connectivity index (χ4n) is 2.69. The zero-order valence-corrected chi connectivity index (χ0v) is 10.1. The van der Waals surface area contributed by atoms with Crippen LogP contribution in [0.25, 0.3) is 0 Å². The molecule has 0 N–H and O–H groups in total. The minimum atomic E-state index is 0.464. The summed E-state index contributed by atoms with van der Waals surface area (Å²) in [7, 11) is 4.27. The number of likely N-dealkylation sites (tertiary alicyclic amines) is 1. The second-order valence-electron chi connectivity index (χ2n) is 5.40.